The molecule has 5 heteroatoms. The Kier molecular flexibility index (Phi) is 7.43. The molecule has 1 aliphatic carbocycles. The quantitative estimate of drug-likeness (QED) is 0.477. The van der Waals surface area contributed by atoms with E-state index in [1.165, 1.54) is 0 Å². The number of hydrogen-bond donors (Lipinski definition) is 3. The van der Waals surface area contributed by atoms with Crippen LogP contribution in [0.15, 0.2) is 42.5 Å². The van der Waals surface area contributed by atoms with Gasteiger partial charge in [-0.05, 0) is 24.8 Å². The van der Waals surface area contributed by atoms with Crippen molar-refractivity contribution in [1.82, 2.24) is 0 Å². The summed E-state index contributed by atoms with van der Waals surface area (Å²) in [6, 6.07) is 9.67. The van der Waals surface area contributed by atoms with Gasteiger partial charge < -0.3 is 20.7 Å². The Hall–Kier alpha value is -1.69. The standard InChI is InChI=1S/C19H27NO4/c20-19-15(10-6-1-2-7-11-18(22)23)17(12-16(19)21)24-13-14-8-4-3-5-9-14/h1,3-6,8-9,15-17,19,21H,2,7,10-13,20H2,(H,22,23)/t15-,16+,17-,19+/m1/s1. The third kappa shape index (κ3) is 5.74. The second-order valence-electron chi connectivity index (χ2n) is 6.37. The minimum Gasteiger partial charge on any atom is -0.481 e. The Balaban J connectivity index is 1.81. The lowest BCUT2D eigenvalue weighted by Crippen LogP contribution is -2.36. The Bertz CT molecular complexity index is 531. The van der Waals surface area contributed by atoms with Crippen LogP contribution in [-0.4, -0.2) is 34.4 Å². The number of ether oxygens (including phenoxy) is 1. The minimum absolute atomic E-state index is 0.0566. The molecule has 0 heterocycles. The van der Waals surface area contributed by atoms with Crippen LogP contribution < -0.4 is 5.73 Å². The Morgan fingerprint density at radius 2 is 2.04 bits per heavy atom. The summed E-state index contributed by atoms with van der Waals surface area (Å²) in [4.78, 5) is 10.5. The number of carboxylic acids is 1. The molecule has 0 bridgehead atoms. The van der Waals surface area contributed by atoms with Crippen LogP contribution in [0.3, 0.4) is 0 Å². The first kappa shape index (κ1) is 18.6. The highest BCUT2D eigenvalue weighted by molar-refractivity contribution is 5.66. The van der Waals surface area contributed by atoms with Crippen molar-refractivity contribution in [1.29, 1.82) is 0 Å². The van der Waals surface area contributed by atoms with Crippen LogP contribution in [0.4, 0.5) is 0 Å². The Morgan fingerprint density at radius 1 is 1.29 bits per heavy atom. The summed E-state index contributed by atoms with van der Waals surface area (Å²) < 4.78 is 6.00. The van der Waals surface area contributed by atoms with Gasteiger partial charge in [0, 0.05) is 24.8 Å². The predicted molar refractivity (Wildman–Crippen MR) is 92.4 cm³/mol. The number of aliphatic hydroxyl groups is 1. The van der Waals surface area contributed by atoms with E-state index < -0.39 is 12.1 Å². The van der Waals surface area contributed by atoms with E-state index in [0.29, 0.717) is 19.4 Å². The normalized spacial score (nSPS) is 26.9. The summed E-state index contributed by atoms with van der Waals surface area (Å²) >= 11 is 0. The summed E-state index contributed by atoms with van der Waals surface area (Å²) in [5, 5.41) is 18.7. The molecular formula is C19H27NO4. The molecule has 4 atom stereocenters. The molecule has 1 fully saturated rings. The molecule has 1 aromatic carbocycles. The maximum Gasteiger partial charge on any atom is 0.303 e. The van der Waals surface area contributed by atoms with E-state index in [0.717, 1.165) is 18.4 Å². The number of hydrogen-bond acceptors (Lipinski definition) is 4. The average molecular weight is 333 g/mol. The van der Waals surface area contributed by atoms with E-state index in [-0.39, 0.29) is 24.5 Å². The van der Waals surface area contributed by atoms with E-state index >= 15 is 0 Å². The highest BCUT2D eigenvalue weighted by Crippen LogP contribution is 2.31. The number of unbranched alkanes of at least 4 members (excludes halogenated alkanes) is 1. The SMILES string of the molecule is N[C@H]1[C@H](CC=CCCCC(=O)O)[C@H](OCc2ccccc2)C[C@@H]1O. The highest BCUT2D eigenvalue weighted by Gasteiger charge is 2.40. The highest BCUT2D eigenvalue weighted by atomic mass is 16.5. The number of rotatable bonds is 9. The zero-order chi connectivity index (χ0) is 17.4. The van der Waals surface area contributed by atoms with Gasteiger partial charge in [0.1, 0.15) is 0 Å². The topological polar surface area (TPSA) is 92.8 Å². The number of benzene rings is 1. The molecule has 0 radical (unpaired) electrons. The average Bonchev–Trinajstić information content (AvgIpc) is 2.84. The summed E-state index contributed by atoms with van der Waals surface area (Å²) in [7, 11) is 0. The van der Waals surface area contributed by atoms with Crippen molar-refractivity contribution in [2.24, 2.45) is 11.7 Å². The second-order valence-corrected chi connectivity index (χ2v) is 6.37. The van der Waals surface area contributed by atoms with Gasteiger partial charge in [-0.3, -0.25) is 4.79 Å². The van der Waals surface area contributed by atoms with E-state index in [1.807, 2.05) is 42.5 Å². The van der Waals surface area contributed by atoms with E-state index in [4.69, 9.17) is 15.6 Å². The van der Waals surface area contributed by atoms with Gasteiger partial charge in [-0.2, -0.15) is 0 Å². The molecule has 2 rings (SSSR count). The van der Waals surface area contributed by atoms with Crippen molar-refractivity contribution >= 4 is 5.97 Å². The maximum absolute atomic E-state index is 10.5. The van der Waals surface area contributed by atoms with Gasteiger partial charge in [-0.15, -0.1) is 0 Å². The molecule has 0 spiro atoms. The van der Waals surface area contributed by atoms with Gasteiger partial charge in [0.25, 0.3) is 0 Å². The van der Waals surface area contributed by atoms with Crippen LogP contribution in [0.25, 0.3) is 0 Å². The van der Waals surface area contributed by atoms with Gasteiger partial charge in [0.15, 0.2) is 0 Å². The zero-order valence-corrected chi connectivity index (χ0v) is 13.9. The molecule has 0 amide bonds. The van der Waals surface area contributed by atoms with Crippen LogP contribution in [0.1, 0.15) is 37.7 Å². The van der Waals surface area contributed by atoms with Crippen LogP contribution in [0.2, 0.25) is 0 Å². The number of allylic oxidation sites excluding steroid dienone is 2. The molecule has 0 aliphatic heterocycles. The lowest BCUT2D eigenvalue weighted by Gasteiger charge is -2.22. The summed E-state index contributed by atoms with van der Waals surface area (Å²) in [6.07, 6.45) is 6.31. The molecule has 132 valence electrons. The van der Waals surface area contributed by atoms with E-state index in [9.17, 15) is 9.90 Å². The van der Waals surface area contributed by atoms with Crippen LogP contribution in [-0.2, 0) is 16.1 Å². The molecule has 0 aromatic heterocycles. The van der Waals surface area contributed by atoms with Gasteiger partial charge in [0.2, 0.25) is 0 Å². The third-order valence-electron chi connectivity index (χ3n) is 4.53. The molecular weight excluding hydrogens is 306 g/mol. The number of carbonyl (C=O) groups is 1. The fraction of sp³-hybridized carbons (Fsp3) is 0.526. The lowest BCUT2D eigenvalue weighted by molar-refractivity contribution is -0.137. The van der Waals surface area contributed by atoms with Gasteiger partial charge >= 0.3 is 5.97 Å². The second kappa shape index (κ2) is 9.57. The Labute approximate surface area is 143 Å². The minimum atomic E-state index is -0.765. The molecule has 1 saturated carbocycles. The molecule has 1 aliphatic rings. The van der Waals surface area contributed by atoms with E-state index in [1.54, 1.807) is 0 Å². The van der Waals surface area contributed by atoms with Gasteiger partial charge in [-0.1, -0.05) is 42.5 Å². The fourth-order valence-electron chi connectivity index (χ4n) is 3.12. The largest absolute Gasteiger partial charge is 0.481 e. The zero-order valence-electron chi connectivity index (χ0n) is 13.9. The van der Waals surface area contributed by atoms with Crippen LogP contribution >= 0.6 is 0 Å². The fourth-order valence-corrected chi connectivity index (χ4v) is 3.12. The molecule has 24 heavy (non-hydrogen) atoms. The first-order valence-corrected chi connectivity index (χ1v) is 8.54. The molecule has 4 N–H and O–H groups in total. The number of carboxylic acid groups (broad SMARTS) is 1. The third-order valence-corrected chi connectivity index (χ3v) is 4.53. The van der Waals surface area contributed by atoms with Crippen molar-refractivity contribution in [2.45, 2.75) is 57.0 Å². The first-order chi connectivity index (χ1) is 11.6. The van der Waals surface area contributed by atoms with Crippen molar-refractivity contribution in [2.75, 3.05) is 0 Å². The lowest BCUT2D eigenvalue weighted by atomic mass is 9.97. The maximum atomic E-state index is 10.5. The first-order valence-electron chi connectivity index (χ1n) is 8.54. The van der Waals surface area contributed by atoms with Gasteiger partial charge in [-0.25, -0.2) is 0 Å². The molecule has 5 nitrogen and oxygen atoms in total. The van der Waals surface area contributed by atoms with E-state index in [2.05, 4.69) is 0 Å². The molecule has 0 unspecified atom stereocenters. The summed E-state index contributed by atoms with van der Waals surface area (Å²) in [5.41, 5.74) is 7.23. The summed E-state index contributed by atoms with van der Waals surface area (Å²) in [6.45, 7) is 0.518. The molecule has 0 saturated heterocycles. The smallest absolute Gasteiger partial charge is 0.303 e. The van der Waals surface area contributed by atoms with Crippen molar-refractivity contribution in [3.8, 4) is 0 Å². The summed E-state index contributed by atoms with van der Waals surface area (Å²) in [5.74, 6) is -0.682. The monoisotopic (exact) mass is 333 g/mol. The van der Waals surface area contributed by atoms with Crippen molar-refractivity contribution < 1.29 is 19.7 Å². The van der Waals surface area contributed by atoms with Crippen molar-refractivity contribution in [3.63, 3.8) is 0 Å². The van der Waals surface area contributed by atoms with Crippen LogP contribution in [0.5, 0.6) is 0 Å². The number of nitrogens with two attached hydrogens (primary N) is 1. The number of aliphatic carboxylic acids is 1. The Morgan fingerprint density at radius 3 is 2.75 bits per heavy atom. The number of aliphatic hydroxyl groups excluding tert-OH is 1. The molecule has 1 aromatic rings. The predicted octanol–water partition coefficient (Wildman–Crippen LogP) is 2.48. The van der Waals surface area contributed by atoms with Crippen LogP contribution in [0, 0.1) is 5.92 Å². The van der Waals surface area contributed by atoms with Crippen molar-refractivity contribution in [3.05, 3.63) is 48.0 Å². The van der Waals surface area contributed by atoms with Gasteiger partial charge in [0.05, 0.1) is 18.8 Å².